The number of hydrogen-bond donors (Lipinski definition) is 0. The molecular weight excluding hydrogens is 260 g/mol. The number of rotatable bonds is 2. The minimum absolute atomic E-state index is 0.0935. The first kappa shape index (κ1) is 13.7. The van der Waals surface area contributed by atoms with Crippen LogP contribution in [0, 0.1) is 0 Å². The van der Waals surface area contributed by atoms with Crippen molar-refractivity contribution in [3.8, 4) is 0 Å². The molecular formula is C19H18O2. The molecule has 106 valence electrons. The van der Waals surface area contributed by atoms with Gasteiger partial charge in [-0.05, 0) is 24.0 Å². The number of carbonyl (C=O) groups is 2. The molecule has 2 aromatic carbocycles. The van der Waals surface area contributed by atoms with Crippen molar-refractivity contribution in [2.75, 3.05) is 0 Å². The highest BCUT2D eigenvalue weighted by atomic mass is 16.2. The molecule has 0 aliphatic heterocycles. The Morgan fingerprint density at radius 2 is 1.43 bits per heavy atom. The van der Waals surface area contributed by atoms with Gasteiger partial charge in [0.25, 0.3) is 0 Å². The number of Topliss-reactive ketones (excluding diaryl/α,β-unsaturated/α-hetero) is 2. The van der Waals surface area contributed by atoms with Crippen LogP contribution in [-0.4, -0.2) is 11.6 Å². The third-order valence-electron chi connectivity index (χ3n) is 4.46. The van der Waals surface area contributed by atoms with Crippen LogP contribution >= 0.6 is 0 Å². The van der Waals surface area contributed by atoms with Crippen LogP contribution in [0.15, 0.2) is 48.5 Å². The summed E-state index contributed by atoms with van der Waals surface area (Å²) in [7, 11) is 0. The van der Waals surface area contributed by atoms with E-state index in [1.165, 1.54) is 0 Å². The minimum Gasteiger partial charge on any atom is -0.293 e. The van der Waals surface area contributed by atoms with Gasteiger partial charge in [-0.15, -0.1) is 0 Å². The number of carbonyl (C=O) groups excluding carboxylic acids is 2. The third kappa shape index (κ3) is 1.86. The number of benzene rings is 2. The summed E-state index contributed by atoms with van der Waals surface area (Å²) >= 11 is 0. The van der Waals surface area contributed by atoms with Gasteiger partial charge in [0.05, 0.1) is 0 Å². The zero-order valence-electron chi connectivity index (χ0n) is 12.5. The van der Waals surface area contributed by atoms with Gasteiger partial charge in [0, 0.05) is 11.1 Å². The summed E-state index contributed by atoms with van der Waals surface area (Å²) in [5.74, 6) is 0.176. The van der Waals surface area contributed by atoms with E-state index in [1.54, 1.807) is 31.2 Å². The fourth-order valence-electron chi connectivity index (χ4n) is 2.99. The Bertz CT molecular complexity index is 706. The Morgan fingerprint density at radius 1 is 0.857 bits per heavy atom. The molecule has 2 aromatic rings. The second-order valence-corrected chi connectivity index (χ2v) is 6.11. The van der Waals surface area contributed by atoms with Gasteiger partial charge in [0.1, 0.15) is 5.41 Å². The average molecular weight is 278 g/mol. The van der Waals surface area contributed by atoms with Gasteiger partial charge in [-0.2, -0.15) is 0 Å². The number of ketones is 2. The van der Waals surface area contributed by atoms with Crippen molar-refractivity contribution in [2.24, 2.45) is 0 Å². The summed E-state index contributed by atoms with van der Waals surface area (Å²) in [5.41, 5.74) is 1.93. The second-order valence-electron chi connectivity index (χ2n) is 6.11. The van der Waals surface area contributed by atoms with Gasteiger partial charge in [0.15, 0.2) is 11.6 Å². The van der Waals surface area contributed by atoms with Crippen LogP contribution < -0.4 is 0 Å². The van der Waals surface area contributed by atoms with Crippen molar-refractivity contribution < 1.29 is 9.59 Å². The van der Waals surface area contributed by atoms with Crippen LogP contribution in [0.3, 0.4) is 0 Å². The standard InChI is InChI=1S/C19H18O2/c1-12(2)13-7-6-8-14(11-13)19(3)17(20)15-9-4-5-10-16(15)18(19)21/h4-12H,1-3H3. The molecule has 0 saturated carbocycles. The van der Waals surface area contributed by atoms with Gasteiger partial charge in [-0.25, -0.2) is 0 Å². The topological polar surface area (TPSA) is 34.1 Å². The molecule has 2 nitrogen and oxygen atoms in total. The van der Waals surface area contributed by atoms with E-state index in [-0.39, 0.29) is 11.6 Å². The fourth-order valence-corrected chi connectivity index (χ4v) is 2.99. The summed E-state index contributed by atoms with van der Waals surface area (Å²) in [6.45, 7) is 5.96. The van der Waals surface area contributed by atoms with Crippen molar-refractivity contribution in [3.05, 3.63) is 70.8 Å². The lowest BCUT2D eigenvalue weighted by Gasteiger charge is -2.22. The lowest BCUT2D eigenvalue weighted by molar-refractivity contribution is 0.0810. The molecule has 0 heterocycles. The molecule has 0 spiro atoms. The van der Waals surface area contributed by atoms with Crippen LogP contribution in [0.2, 0.25) is 0 Å². The van der Waals surface area contributed by atoms with E-state index in [2.05, 4.69) is 13.8 Å². The minimum atomic E-state index is -1.09. The first-order chi connectivity index (χ1) is 9.96. The Balaban J connectivity index is 2.17. The average Bonchev–Trinajstić information content (AvgIpc) is 2.71. The zero-order valence-corrected chi connectivity index (χ0v) is 12.5. The predicted octanol–water partition coefficient (Wildman–Crippen LogP) is 4.15. The van der Waals surface area contributed by atoms with E-state index in [9.17, 15) is 9.59 Å². The quantitative estimate of drug-likeness (QED) is 0.773. The highest BCUT2D eigenvalue weighted by molar-refractivity contribution is 6.32. The first-order valence-corrected chi connectivity index (χ1v) is 7.25. The van der Waals surface area contributed by atoms with Crippen molar-refractivity contribution in [3.63, 3.8) is 0 Å². The van der Waals surface area contributed by atoms with Gasteiger partial charge in [-0.1, -0.05) is 62.4 Å². The monoisotopic (exact) mass is 278 g/mol. The molecule has 0 saturated heterocycles. The molecule has 0 amide bonds. The first-order valence-electron chi connectivity index (χ1n) is 7.25. The Kier molecular flexibility index (Phi) is 3.05. The molecule has 0 fully saturated rings. The van der Waals surface area contributed by atoms with E-state index >= 15 is 0 Å². The lowest BCUT2D eigenvalue weighted by atomic mass is 9.77. The van der Waals surface area contributed by atoms with E-state index in [4.69, 9.17) is 0 Å². The predicted molar refractivity (Wildman–Crippen MR) is 83.0 cm³/mol. The van der Waals surface area contributed by atoms with Crippen molar-refractivity contribution in [1.82, 2.24) is 0 Å². The summed E-state index contributed by atoms with van der Waals surface area (Å²) in [4.78, 5) is 25.6. The molecule has 3 rings (SSSR count). The molecule has 0 unspecified atom stereocenters. The third-order valence-corrected chi connectivity index (χ3v) is 4.46. The SMILES string of the molecule is CC(C)c1cccc(C2(C)C(=O)c3ccccc3C2=O)c1. The molecule has 0 bridgehead atoms. The molecule has 0 aromatic heterocycles. The summed E-state index contributed by atoms with van der Waals surface area (Å²) in [6, 6.07) is 14.9. The summed E-state index contributed by atoms with van der Waals surface area (Å²) in [6.07, 6.45) is 0. The molecule has 2 heteroatoms. The van der Waals surface area contributed by atoms with Crippen molar-refractivity contribution >= 4 is 11.6 Å². The summed E-state index contributed by atoms with van der Waals surface area (Å²) < 4.78 is 0. The normalized spacial score (nSPS) is 16.4. The van der Waals surface area contributed by atoms with Crippen LogP contribution in [0.5, 0.6) is 0 Å². The van der Waals surface area contributed by atoms with Crippen molar-refractivity contribution in [2.45, 2.75) is 32.1 Å². The van der Waals surface area contributed by atoms with Crippen molar-refractivity contribution in [1.29, 1.82) is 0 Å². The highest BCUT2D eigenvalue weighted by Gasteiger charge is 2.50. The van der Waals surface area contributed by atoms with Crippen LogP contribution in [0.25, 0.3) is 0 Å². The lowest BCUT2D eigenvalue weighted by Crippen LogP contribution is -2.34. The van der Waals surface area contributed by atoms with Gasteiger partial charge in [0.2, 0.25) is 0 Å². The fraction of sp³-hybridized carbons (Fsp3) is 0.263. The maximum atomic E-state index is 12.8. The van der Waals surface area contributed by atoms with Gasteiger partial charge in [-0.3, -0.25) is 9.59 Å². The van der Waals surface area contributed by atoms with Crippen LogP contribution in [0.4, 0.5) is 0 Å². The molecule has 0 atom stereocenters. The number of fused-ring (bicyclic) bond motifs is 1. The molecule has 0 radical (unpaired) electrons. The van der Waals surface area contributed by atoms with E-state index in [0.29, 0.717) is 17.0 Å². The van der Waals surface area contributed by atoms with Crippen LogP contribution in [-0.2, 0) is 5.41 Å². The van der Waals surface area contributed by atoms with E-state index in [0.717, 1.165) is 11.1 Å². The number of hydrogen-bond acceptors (Lipinski definition) is 2. The van der Waals surface area contributed by atoms with Gasteiger partial charge >= 0.3 is 0 Å². The largest absolute Gasteiger partial charge is 0.293 e. The molecule has 1 aliphatic carbocycles. The van der Waals surface area contributed by atoms with E-state index < -0.39 is 5.41 Å². The van der Waals surface area contributed by atoms with Gasteiger partial charge < -0.3 is 0 Å². The summed E-state index contributed by atoms with van der Waals surface area (Å²) in [5, 5.41) is 0. The Morgan fingerprint density at radius 3 is 1.95 bits per heavy atom. The van der Waals surface area contributed by atoms with Crippen LogP contribution in [0.1, 0.15) is 58.5 Å². The second kappa shape index (κ2) is 4.66. The zero-order chi connectivity index (χ0) is 15.2. The molecule has 21 heavy (non-hydrogen) atoms. The highest BCUT2D eigenvalue weighted by Crippen LogP contribution is 2.39. The smallest absolute Gasteiger partial charge is 0.181 e. The maximum Gasteiger partial charge on any atom is 0.181 e. The molecule has 0 N–H and O–H groups in total. The van der Waals surface area contributed by atoms with E-state index in [1.807, 2.05) is 24.3 Å². The molecule has 1 aliphatic rings. The Labute approximate surface area is 124 Å². The maximum absolute atomic E-state index is 12.8. The Hall–Kier alpha value is -2.22.